The van der Waals surface area contributed by atoms with Crippen LogP contribution in [0, 0.1) is 0 Å². The first kappa shape index (κ1) is 8.89. The molecule has 11 heavy (non-hydrogen) atoms. The molecule has 0 aromatic carbocycles. The second-order valence-electron chi connectivity index (χ2n) is 2.18. The van der Waals surface area contributed by atoms with Crippen molar-refractivity contribution in [2.45, 2.75) is 11.7 Å². The normalized spacial score (nSPS) is 24.9. The van der Waals surface area contributed by atoms with Crippen molar-refractivity contribution in [1.82, 2.24) is 4.90 Å². The molecule has 6 heteroatoms. The van der Waals surface area contributed by atoms with Gasteiger partial charge in [0, 0.05) is 6.42 Å². The van der Waals surface area contributed by atoms with Crippen LogP contribution in [-0.2, 0) is 9.59 Å². The van der Waals surface area contributed by atoms with Crippen molar-refractivity contribution in [3.8, 4) is 0 Å². The molecular weight excluding hydrogens is 184 g/mol. The molecule has 1 heterocycles. The number of amides is 2. The smallest absolute Gasteiger partial charge is 0.243 e. The van der Waals surface area contributed by atoms with Gasteiger partial charge in [0.25, 0.3) is 0 Å². The first-order chi connectivity index (χ1) is 5.16. The lowest BCUT2D eigenvalue weighted by molar-refractivity contribution is -0.136. The first-order valence-corrected chi connectivity index (χ1v) is 4.57. The monoisotopic (exact) mass is 192 g/mol. The van der Waals surface area contributed by atoms with Crippen molar-refractivity contribution in [3.05, 3.63) is 0 Å². The van der Waals surface area contributed by atoms with Gasteiger partial charge in [-0.1, -0.05) is 11.9 Å². The Balaban J connectivity index is 2.64. The van der Waals surface area contributed by atoms with Crippen molar-refractivity contribution < 1.29 is 9.59 Å². The van der Waals surface area contributed by atoms with E-state index < -0.39 is 5.25 Å². The highest BCUT2D eigenvalue weighted by Gasteiger charge is 2.35. The van der Waals surface area contributed by atoms with Crippen molar-refractivity contribution in [2.24, 2.45) is 5.14 Å². The zero-order valence-corrected chi connectivity index (χ0v) is 7.40. The lowest BCUT2D eigenvalue weighted by Crippen LogP contribution is -2.31. The molecule has 1 fully saturated rings. The molecular formula is C5H8N2O2S2. The van der Waals surface area contributed by atoms with Gasteiger partial charge in [-0.15, -0.1) is 0 Å². The Labute approximate surface area is 74.0 Å². The molecule has 0 saturated carbocycles. The molecule has 0 aromatic rings. The molecule has 0 bridgehead atoms. The largest absolute Gasteiger partial charge is 0.276 e. The molecule has 4 nitrogen and oxygen atoms in total. The maximum Gasteiger partial charge on any atom is 0.243 e. The summed E-state index contributed by atoms with van der Waals surface area (Å²) < 4.78 is 0. The lowest BCUT2D eigenvalue weighted by atomic mass is 10.4. The number of likely N-dealkylation sites (tertiary alicyclic amines) is 1. The third kappa shape index (κ3) is 1.69. The Hall–Kier alpha value is -0.200. The Morgan fingerprint density at radius 3 is 2.73 bits per heavy atom. The Kier molecular flexibility index (Phi) is 2.80. The van der Waals surface area contributed by atoms with Crippen LogP contribution in [0.2, 0.25) is 0 Å². The van der Waals surface area contributed by atoms with E-state index >= 15 is 0 Å². The van der Waals surface area contributed by atoms with Gasteiger partial charge in [-0.05, 0) is 0 Å². The highest BCUT2D eigenvalue weighted by Crippen LogP contribution is 2.18. The van der Waals surface area contributed by atoms with Gasteiger partial charge < -0.3 is 0 Å². The van der Waals surface area contributed by atoms with Crippen molar-refractivity contribution in [1.29, 1.82) is 0 Å². The number of rotatable bonds is 2. The van der Waals surface area contributed by atoms with E-state index in [1.807, 2.05) is 0 Å². The molecule has 2 amide bonds. The van der Waals surface area contributed by atoms with Crippen LogP contribution in [0.15, 0.2) is 0 Å². The Morgan fingerprint density at radius 2 is 2.36 bits per heavy atom. The van der Waals surface area contributed by atoms with Crippen LogP contribution in [0.4, 0.5) is 0 Å². The van der Waals surface area contributed by atoms with Gasteiger partial charge >= 0.3 is 0 Å². The van der Waals surface area contributed by atoms with Gasteiger partial charge in [0.15, 0.2) is 0 Å². The summed E-state index contributed by atoms with van der Waals surface area (Å²) in [5.74, 6) is -0.196. The predicted octanol–water partition coefficient (Wildman–Crippen LogP) is -0.392. The average molecular weight is 192 g/mol. The fourth-order valence-corrected chi connectivity index (χ4v) is 1.59. The summed E-state index contributed by atoms with van der Waals surface area (Å²) in [6.45, 7) is 0. The van der Waals surface area contributed by atoms with E-state index in [-0.39, 0.29) is 24.1 Å². The fraction of sp³-hybridized carbons (Fsp3) is 0.600. The van der Waals surface area contributed by atoms with E-state index in [2.05, 4.69) is 12.6 Å². The molecule has 1 rings (SSSR count). The Morgan fingerprint density at radius 1 is 1.73 bits per heavy atom. The van der Waals surface area contributed by atoms with Crippen LogP contribution in [0.1, 0.15) is 6.42 Å². The van der Waals surface area contributed by atoms with Crippen LogP contribution >= 0.6 is 24.6 Å². The lowest BCUT2D eigenvalue weighted by Gasteiger charge is -2.10. The summed E-state index contributed by atoms with van der Waals surface area (Å²) in [5.41, 5.74) is 0. The first-order valence-electron chi connectivity index (χ1n) is 3.00. The summed E-state index contributed by atoms with van der Waals surface area (Å²) in [5, 5.41) is 4.66. The zero-order valence-electron chi connectivity index (χ0n) is 5.69. The van der Waals surface area contributed by atoms with Gasteiger partial charge in [0.1, 0.15) is 0 Å². The van der Waals surface area contributed by atoms with Gasteiger partial charge in [0.2, 0.25) is 11.8 Å². The molecule has 1 atom stereocenters. The molecule has 0 spiro atoms. The standard InChI is InChI=1S/C5H8N2O2S2/c6-11-2-7-4(8)1-3(10)5(7)9/h3,10H,1-2,6H2. The van der Waals surface area contributed by atoms with Crippen LogP contribution < -0.4 is 5.14 Å². The van der Waals surface area contributed by atoms with Crippen LogP contribution in [-0.4, -0.2) is 27.8 Å². The molecule has 0 aliphatic carbocycles. The molecule has 0 aromatic heterocycles. The summed E-state index contributed by atoms with van der Waals surface area (Å²) in [6.07, 6.45) is 0.197. The van der Waals surface area contributed by atoms with E-state index in [1.54, 1.807) is 0 Å². The average Bonchev–Trinajstić information content (AvgIpc) is 2.17. The number of carbonyl (C=O) groups is 2. The van der Waals surface area contributed by atoms with Crippen LogP contribution in [0.3, 0.4) is 0 Å². The number of imide groups is 1. The van der Waals surface area contributed by atoms with Gasteiger partial charge in [-0.2, -0.15) is 12.6 Å². The summed E-state index contributed by atoms with van der Waals surface area (Å²) in [7, 11) is 0. The minimum atomic E-state index is -0.463. The van der Waals surface area contributed by atoms with Gasteiger partial charge in [-0.3, -0.25) is 19.6 Å². The quantitative estimate of drug-likeness (QED) is 0.355. The van der Waals surface area contributed by atoms with Crippen molar-refractivity contribution in [2.75, 3.05) is 5.88 Å². The molecule has 1 aliphatic heterocycles. The highest BCUT2D eigenvalue weighted by molar-refractivity contribution is 7.97. The van der Waals surface area contributed by atoms with E-state index in [1.165, 1.54) is 0 Å². The number of nitrogens with two attached hydrogens (primary N) is 1. The number of hydrogen-bond donors (Lipinski definition) is 2. The van der Waals surface area contributed by atoms with Crippen molar-refractivity contribution >= 4 is 36.4 Å². The molecule has 62 valence electrons. The predicted molar refractivity (Wildman–Crippen MR) is 45.9 cm³/mol. The minimum Gasteiger partial charge on any atom is -0.276 e. The van der Waals surface area contributed by atoms with E-state index in [4.69, 9.17) is 5.14 Å². The molecule has 1 unspecified atom stereocenters. The third-order valence-corrected chi connectivity index (χ3v) is 2.23. The summed E-state index contributed by atoms with van der Waals surface area (Å²) in [6, 6.07) is 0. The maximum atomic E-state index is 11.1. The van der Waals surface area contributed by atoms with Crippen LogP contribution in [0.5, 0.6) is 0 Å². The molecule has 2 N–H and O–H groups in total. The van der Waals surface area contributed by atoms with E-state index in [0.717, 1.165) is 16.8 Å². The molecule has 1 aliphatic rings. The van der Waals surface area contributed by atoms with Gasteiger partial charge in [0.05, 0.1) is 11.1 Å². The zero-order chi connectivity index (χ0) is 8.43. The second-order valence-corrected chi connectivity index (χ2v) is 3.39. The number of carbonyl (C=O) groups excluding carboxylic acids is 2. The number of hydrogen-bond acceptors (Lipinski definition) is 5. The molecule has 1 saturated heterocycles. The minimum absolute atomic E-state index is 0.187. The van der Waals surface area contributed by atoms with E-state index in [9.17, 15) is 9.59 Å². The van der Waals surface area contributed by atoms with E-state index in [0.29, 0.717) is 0 Å². The van der Waals surface area contributed by atoms with Gasteiger partial charge in [-0.25, -0.2) is 0 Å². The number of nitrogens with zero attached hydrogens (tertiary/aromatic N) is 1. The second kappa shape index (κ2) is 3.46. The summed E-state index contributed by atoms with van der Waals surface area (Å²) in [4.78, 5) is 23.2. The highest BCUT2D eigenvalue weighted by atomic mass is 32.2. The Bertz CT molecular complexity index is 197. The molecule has 0 radical (unpaired) electrons. The summed E-state index contributed by atoms with van der Waals surface area (Å²) >= 11 is 4.90. The number of thiol groups is 1. The van der Waals surface area contributed by atoms with Crippen LogP contribution in [0.25, 0.3) is 0 Å². The van der Waals surface area contributed by atoms with Crippen molar-refractivity contribution in [3.63, 3.8) is 0 Å². The fourth-order valence-electron chi connectivity index (χ4n) is 0.876. The SMILES string of the molecule is NSCN1C(=O)CC(S)C1=O. The maximum absolute atomic E-state index is 11.1. The topological polar surface area (TPSA) is 63.4 Å². The third-order valence-electron chi connectivity index (χ3n) is 1.42.